The molecule has 0 N–H and O–H groups in total. The van der Waals surface area contributed by atoms with Crippen LogP contribution in [0.1, 0.15) is 49.0 Å². The van der Waals surface area contributed by atoms with E-state index >= 15 is 0 Å². The van der Waals surface area contributed by atoms with Gasteiger partial charge in [0, 0.05) is 13.2 Å². The van der Waals surface area contributed by atoms with Gasteiger partial charge in [-0.3, -0.25) is 0 Å². The highest BCUT2D eigenvalue weighted by atomic mass is 16.5. The Morgan fingerprint density at radius 2 is 1.42 bits per heavy atom. The maximum Gasteiger partial charge on any atom is 0.0488 e. The van der Waals surface area contributed by atoms with Crippen LogP contribution in [0.5, 0.6) is 0 Å². The Morgan fingerprint density at radius 3 is 1.75 bits per heavy atom. The van der Waals surface area contributed by atoms with Crippen LogP contribution in [-0.2, 0) is 4.74 Å². The molecule has 0 amide bonds. The van der Waals surface area contributed by atoms with Crippen molar-refractivity contribution in [3.05, 3.63) is 0 Å². The van der Waals surface area contributed by atoms with Gasteiger partial charge in [-0.2, -0.15) is 0 Å². The van der Waals surface area contributed by atoms with Gasteiger partial charge in [0.05, 0.1) is 0 Å². The molecule has 0 aromatic rings. The molecule has 0 saturated heterocycles. The zero-order valence-electron chi connectivity index (χ0n) is 7.68. The summed E-state index contributed by atoms with van der Waals surface area (Å²) in [6, 6.07) is 0. The molecule has 0 aromatic carbocycles. The molecule has 0 aliphatic heterocycles. The average molecular weight is 176 g/mol. The first-order chi connectivity index (χ1) is 4.63. The van der Waals surface area contributed by atoms with Crippen LogP contribution in [0.15, 0.2) is 0 Å². The molecule has 0 atom stereocenters. The van der Waals surface area contributed by atoms with Crippen LogP contribution >= 0.6 is 0 Å². The normalized spacial score (nSPS) is 9.50. The largest absolute Gasteiger partial charge is 0.381 e. The van der Waals surface area contributed by atoms with Crippen molar-refractivity contribution in [2.45, 2.75) is 49.0 Å². The Morgan fingerprint density at radius 1 is 0.917 bits per heavy atom. The summed E-state index contributed by atoms with van der Waals surface area (Å²) < 4.78 is 5.41. The summed E-state index contributed by atoms with van der Waals surface area (Å²) >= 11 is 0. The molecule has 0 rings (SSSR count). The summed E-state index contributed by atoms with van der Waals surface area (Å²) in [6.45, 7) is 10.6. The fraction of sp³-hybridized carbons (Fsp3) is 1.00. The molecular weight excluding hydrogens is 148 g/mol. The fourth-order valence-electron chi connectivity index (χ4n) is 0.638. The van der Waals surface area contributed by atoms with E-state index in [-0.39, 0.29) is 14.9 Å². The molecule has 0 aromatic heterocycles. The minimum atomic E-state index is 0. The first kappa shape index (κ1) is 17.9. The molecule has 0 saturated carbocycles. The maximum absolute atomic E-state index is 5.41. The van der Waals surface area contributed by atoms with Crippen molar-refractivity contribution in [1.82, 2.24) is 0 Å². The summed E-state index contributed by atoms with van der Waals surface area (Å²) in [4.78, 5) is 0. The van der Waals surface area contributed by atoms with Gasteiger partial charge in [-0.25, -0.2) is 0 Å². The second-order valence-corrected chi connectivity index (χ2v) is 3.65. The summed E-state index contributed by atoms with van der Waals surface area (Å²) in [5.74, 6) is 1.44. The van der Waals surface area contributed by atoms with Crippen molar-refractivity contribution in [3.63, 3.8) is 0 Å². The molecule has 0 aliphatic rings. The van der Waals surface area contributed by atoms with Gasteiger partial charge in [-0.1, -0.05) is 42.5 Å². The SMILES string of the molecule is C.C.CC(C)CCOCC(C)C. The van der Waals surface area contributed by atoms with Gasteiger partial charge in [0.1, 0.15) is 0 Å². The number of ether oxygens (including phenoxy) is 1. The third-order valence-corrected chi connectivity index (χ3v) is 1.29. The average Bonchev–Trinajstić information content (AvgIpc) is 1.79. The lowest BCUT2D eigenvalue weighted by atomic mass is 10.1. The Labute approximate surface area is 79.5 Å². The smallest absolute Gasteiger partial charge is 0.0488 e. The van der Waals surface area contributed by atoms with Gasteiger partial charge in [-0.15, -0.1) is 0 Å². The van der Waals surface area contributed by atoms with Crippen LogP contribution in [0.4, 0.5) is 0 Å². The maximum atomic E-state index is 5.41. The van der Waals surface area contributed by atoms with Gasteiger partial charge in [-0.05, 0) is 18.3 Å². The number of hydrogen-bond acceptors (Lipinski definition) is 1. The summed E-state index contributed by atoms with van der Waals surface area (Å²) in [6.07, 6.45) is 1.19. The van der Waals surface area contributed by atoms with Crippen molar-refractivity contribution >= 4 is 0 Å². The Bertz CT molecular complexity index is 57.4. The van der Waals surface area contributed by atoms with Gasteiger partial charge in [0.15, 0.2) is 0 Å². The predicted molar refractivity (Wildman–Crippen MR) is 58.6 cm³/mol. The summed E-state index contributed by atoms with van der Waals surface area (Å²) in [5, 5.41) is 0. The first-order valence-electron chi connectivity index (χ1n) is 4.20. The highest BCUT2D eigenvalue weighted by Gasteiger charge is 1.95. The van der Waals surface area contributed by atoms with Crippen LogP contribution in [0, 0.1) is 11.8 Å². The van der Waals surface area contributed by atoms with Crippen LogP contribution in [0.3, 0.4) is 0 Å². The lowest BCUT2D eigenvalue weighted by Crippen LogP contribution is -2.04. The van der Waals surface area contributed by atoms with Gasteiger partial charge in [0.2, 0.25) is 0 Å². The quantitative estimate of drug-likeness (QED) is 0.576. The van der Waals surface area contributed by atoms with E-state index < -0.39 is 0 Å². The van der Waals surface area contributed by atoms with Crippen molar-refractivity contribution in [3.8, 4) is 0 Å². The van der Waals surface area contributed by atoms with E-state index in [1.54, 1.807) is 0 Å². The zero-order chi connectivity index (χ0) is 7.98. The van der Waals surface area contributed by atoms with Crippen molar-refractivity contribution < 1.29 is 4.74 Å². The molecule has 0 heterocycles. The van der Waals surface area contributed by atoms with E-state index in [2.05, 4.69) is 27.7 Å². The van der Waals surface area contributed by atoms with E-state index in [1.165, 1.54) is 6.42 Å². The predicted octanol–water partition coefficient (Wildman–Crippen LogP) is 3.98. The van der Waals surface area contributed by atoms with E-state index in [4.69, 9.17) is 4.74 Å². The number of hydrogen-bond donors (Lipinski definition) is 0. The van der Waals surface area contributed by atoms with Crippen LogP contribution in [-0.4, -0.2) is 13.2 Å². The lowest BCUT2D eigenvalue weighted by molar-refractivity contribution is 0.101. The molecule has 78 valence electrons. The second-order valence-electron chi connectivity index (χ2n) is 3.65. The molecular formula is C11H28O. The zero-order valence-corrected chi connectivity index (χ0v) is 7.68. The Balaban J connectivity index is -0.000000405. The van der Waals surface area contributed by atoms with E-state index in [0.29, 0.717) is 5.92 Å². The van der Waals surface area contributed by atoms with E-state index in [9.17, 15) is 0 Å². The third-order valence-electron chi connectivity index (χ3n) is 1.29. The Hall–Kier alpha value is -0.0400. The van der Waals surface area contributed by atoms with Crippen LogP contribution in [0.2, 0.25) is 0 Å². The van der Waals surface area contributed by atoms with Crippen molar-refractivity contribution in [1.29, 1.82) is 0 Å². The standard InChI is InChI=1S/C9H20O.2CH4/c1-8(2)5-6-10-7-9(3)4;;/h8-9H,5-7H2,1-4H3;2*1H4. The molecule has 0 bridgehead atoms. The lowest BCUT2D eigenvalue weighted by Gasteiger charge is -2.07. The fourth-order valence-corrected chi connectivity index (χ4v) is 0.638. The summed E-state index contributed by atoms with van der Waals surface area (Å²) in [5.41, 5.74) is 0. The van der Waals surface area contributed by atoms with Crippen LogP contribution < -0.4 is 0 Å². The molecule has 0 unspecified atom stereocenters. The minimum Gasteiger partial charge on any atom is -0.381 e. The van der Waals surface area contributed by atoms with E-state index in [1.807, 2.05) is 0 Å². The summed E-state index contributed by atoms with van der Waals surface area (Å²) in [7, 11) is 0. The topological polar surface area (TPSA) is 9.23 Å². The molecule has 0 radical (unpaired) electrons. The molecule has 0 fully saturated rings. The van der Waals surface area contributed by atoms with Gasteiger partial charge < -0.3 is 4.74 Å². The van der Waals surface area contributed by atoms with Gasteiger partial charge in [0.25, 0.3) is 0 Å². The highest BCUT2D eigenvalue weighted by Crippen LogP contribution is 2.00. The molecule has 1 heteroatoms. The minimum absolute atomic E-state index is 0. The highest BCUT2D eigenvalue weighted by molar-refractivity contribution is 4.44. The molecule has 1 nitrogen and oxygen atoms in total. The van der Waals surface area contributed by atoms with E-state index in [0.717, 1.165) is 19.1 Å². The first-order valence-corrected chi connectivity index (χ1v) is 4.20. The van der Waals surface area contributed by atoms with Gasteiger partial charge >= 0.3 is 0 Å². The number of rotatable bonds is 5. The second kappa shape index (κ2) is 11.0. The third kappa shape index (κ3) is 16.5. The Kier molecular flexibility index (Phi) is 16.3. The van der Waals surface area contributed by atoms with Crippen LogP contribution in [0.25, 0.3) is 0 Å². The van der Waals surface area contributed by atoms with Crippen molar-refractivity contribution in [2.75, 3.05) is 13.2 Å². The molecule has 12 heavy (non-hydrogen) atoms. The molecule has 0 spiro atoms. The monoisotopic (exact) mass is 176 g/mol. The van der Waals surface area contributed by atoms with Crippen molar-refractivity contribution in [2.24, 2.45) is 11.8 Å². The molecule has 0 aliphatic carbocycles.